The predicted octanol–water partition coefficient (Wildman–Crippen LogP) is 10.2. The summed E-state index contributed by atoms with van der Waals surface area (Å²) in [6.07, 6.45) is 3.22. The number of hydrogen-bond acceptors (Lipinski definition) is 11. The average Bonchev–Trinajstić information content (AvgIpc) is 3.35. The Bertz CT molecular complexity index is 1790. The maximum Gasteiger partial charge on any atom is 0.311 e. The van der Waals surface area contributed by atoms with Crippen molar-refractivity contribution in [2.75, 3.05) is 13.2 Å². The van der Waals surface area contributed by atoms with Crippen LogP contribution in [0.2, 0.25) is 36.3 Å². The predicted molar refractivity (Wildman–Crippen MR) is 253 cm³/mol. The van der Waals surface area contributed by atoms with Gasteiger partial charge in [-0.25, -0.2) is 0 Å². The molecule has 11 nitrogen and oxygen atoms in total. The largest absolute Gasteiger partial charge is 0.462 e. The third-order valence-corrected chi connectivity index (χ3v) is 22.6. The Morgan fingerprint density at radius 3 is 1.70 bits per heavy atom. The first-order valence-electron chi connectivity index (χ1n) is 22.8. The maximum absolute atomic E-state index is 14.2. The lowest BCUT2D eigenvalue weighted by Gasteiger charge is -2.53. The quantitative estimate of drug-likeness (QED) is 0.0735. The third kappa shape index (κ3) is 12.3. The van der Waals surface area contributed by atoms with Crippen LogP contribution in [0.1, 0.15) is 136 Å². The summed E-state index contributed by atoms with van der Waals surface area (Å²) < 4.78 is 47.4. The van der Waals surface area contributed by atoms with E-state index in [-0.39, 0.29) is 41.6 Å². The van der Waals surface area contributed by atoms with E-state index >= 15 is 0 Å². The number of carbonyl (C=O) groups excluding carboxylic acids is 3. The summed E-state index contributed by atoms with van der Waals surface area (Å²) in [4.78, 5) is 41.9. The minimum Gasteiger partial charge on any atom is -0.462 e. The van der Waals surface area contributed by atoms with Gasteiger partial charge < -0.3 is 37.6 Å². The van der Waals surface area contributed by atoms with Gasteiger partial charge in [-0.1, -0.05) is 84.7 Å². The monoisotopic (exact) mass is 917 g/mol. The SMILES string of the molecule is C#C[C@]1(O)[C@@H](CO[Si](C)(C)C(C)(C)C)O[C@@]2(CCC[C@@H](OC(=O)C(C)(C)C)[C@H](C)Cc3ccccc3)O[C@]1(CO[Si](C)(C)C(C)(C)C)[C@H](OC(=O)C(C)(C)C)[C@H]2OC(=O)C(C)(C)C. The first kappa shape index (κ1) is 54.8. The van der Waals surface area contributed by atoms with E-state index in [0.29, 0.717) is 19.3 Å². The van der Waals surface area contributed by atoms with Gasteiger partial charge in [0.1, 0.15) is 12.2 Å². The molecule has 1 aromatic carbocycles. The molecule has 3 rings (SSSR count). The first-order chi connectivity index (χ1) is 28.3. The fourth-order valence-electron chi connectivity index (χ4n) is 7.07. The van der Waals surface area contributed by atoms with E-state index in [0.717, 1.165) is 5.56 Å². The van der Waals surface area contributed by atoms with Crippen molar-refractivity contribution in [3.63, 3.8) is 0 Å². The van der Waals surface area contributed by atoms with Crippen molar-refractivity contribution >= 4 is 34.5 Å². The highest BCUT2D eigenvalue weighted by molar-refractivity contribution is 6.74. The molecule has 2 fully saturated rings. The van der Waals surface area contributed by atoms with Crippen LogP contribution >= 0.6 is 0 Å². The number of fused-ring (bicyclic) bond motifs is 2. The molecule has 8 atom stereocenters. The molecule has 0 aliphatic carbocycles. The Hall–Kier alpha value is -2.58. The smallest absolute Gasteiger partial charge is 0.311 e. The van der Waals surface area contributed by atoms with Crippen molar-refractivity contribution in [2.45, 2.75) is 214 Å². The normalized spacial score (nSPS) is 27.0. The van der Waals surface area contributed by atoms with Crippen molar-refractivity contribution in [1.82, 2.24) is 0 Å². The van der Waals surface area contributed by atoms with E-state index < -0.39 is 86.2 Å². The molecule has 2 aliphatic heterocycles. The molecule has 0 aromatic heterocycles. The van der Waals surface area contributed by atoms with Gasteiger partial charge in [-0.2, -0.15) is 0 Å². The second-order valence-corrected chi connectivity index (χ2v) is 34.0. The number of hydrogen-bond donors (Lipinski definition) is 1. The number of esters is 3. The van der Waals surface area contributed by atoms with Gasteiger partial charge in [0.15, 0.2) is 40.0 Å². The van der Waals surface area contributed by atoms with E-state index in [2.05, 4.69) is 92.7 Å². The van der Waals surface area contributed by atoms with E-state index in [1.807, 2.05) is 39.0 Å². The minimum absolute atomic E-state index is 0.0688. The van der Waals surface area contributed by atoms with Crippen LogP contribution in [0.25, 0.3) is 0 Å². The van der Waals surface area contributed by atoms with Gasteiger partial charge in [0.25, 0.3) is 0 Å². The molecule has 0 saturated carbocycles. The molecule has 1 aromatic rings. The Kier molecular flexibility index (Phi) is 16.5. The lowest BCUT2D eigenvalue weighted by Crippen LogP contribution is -2.73. The van der Waals surface area contributed by atoms with Crippen LogP contribution < -0.4 is 0 Å². The Morgan fingerprint density at radius 2 is 1.24 bits per heavy atom. The van der Waals surface area contributed by atoms with E-state index in [1.165, 1.54) is 0 Å². The summed E-state index contributed by atoms with van der Waals surface area (Å²) in [5, 5.41) is 12.8. The molecule has 358 valence electrons. The molecule has 1 N–H and O–H groups in total. The van der Waals surface area contributed by atoms with Crippen LogP contribution in [0, 0.1) is 34.5 Å². The molecular weight excluding hydrogens is 833 g/mol. The molecule has 2 heterocycles. The number of ether oxygens (including phenoxy) is 5. The zero-order valence-electron chi connectivity index (χ0n) is 42.6. The summed E-state index contributed by atoms with van der Waals surface area (Å²) in [5.41, 5.74) is -6.02. The molecule has 0 unspecified atom stereocenters. The maximum atomic E-state index is 14.2. The topological polar surface area (TPSA) is 136 Å². The molecule has 0 amide bonds. The van der Waals surface area contributed by atoms with Gasteiger partial charge in [-0.3, -0.25) is 14.4 Å². The number of aliphatic hydroxyl groups is 1. The zero-order valence-corrected chi connectivity index (χ0v) is 44.6. The minimum atomic E-state index is -2.66. The van der Waals surface area contributed by atoms with Crippen LogP contribution in [-0.2, 0) is 53.3 Å². The van der Waals surface area contributed by atoms with Crippen molar-refractivity contribution < 1.29 is 52.0 Å². The van der Waals surface area contributed by atoms with Crippen molar-refractivity contribution in [2.24, 2.45) is 22.2 Å². The lowest BCUT2D eigenvalue weighted by molar-refractivity contribution is -0.387. The highest BCUT2D eigenvalue weighted by Gasteiger charge is 2.80. The number of rotatable bonds is 16. The molecule has 2 bridgehead atoms. The lowest BCUT2D eigenvalue weighted by atomic mass is 9.75. The van der Waals surface area contributed by atoms with E-state index in [9.17, 15) is 19.5 Å². The van der Waals surface area contributed by atoms with E-state index in [4.69, 9.17) is 39.0 Å². The Balaban J connectivity index is 2.35. The fourth-order valence-corrected chi connectivity index (χ4v) is 9.08. The summed E-state index contributed by atoms with van der Waals surface area (Å²) in [7, 11) is -5.16. The third-order valence-electron chi connectivity index (χ3n) is 13.7. The molecule has 2 saturated heterocycles. The summed E-state index contributed by atoms with van der Waals surface area (Å²) in [5.74, 6) is -0.833. The summed E-state index contributed by atoms with van der Waals surface area (Å²) in [6, 6.07) is 10.0. The fraction of sp³-hybridized carbons (Fsp3) is 0.780. The number of terminal acetylenes is 1. The Morgan fingerprint density at radius 1 is 0.762 bits per heavy atom. The van der Waals surface area contributed by atoms with E-state index in [1.54, 1.807) is 41.5 Å². The Labute approximate surface area is 383 Å². The zero-order chi connectivity index (χ0) is 48.6. The first-order valence-corrected chi connectivity index (χ1v) is 28.7. The average molecular weight is 917 g/mol. The van der Waals surface area contributed by atoms with Gasteiger partial charge in [-0.05, 0) is 129 Å². The van der Waals surface area contributed by atoms with Gasteiger partial charge in [-0.15, -0.1) is 6.42 Å². The molecule has 13 heteroatoms. The molecule has 63 heavy (non-hydrogen) atoms. The molecule has 0 radical (unpaired) electrons. The van der Waals surface area contributed by atoms with Gasteiger partial charge in [0.2, 0.25) is 5.79 Å². The summed E-state index contributed by atoms with van der Waals surface area (Å²) in [6.45, 7) is 38.4. The van der Waals surface area contributed by atoms with Gasteiger partial charge in [0.05, 0.1) is 29.5 Å². The molecular formula is C50H84O11Si2. The highest BCUT2D eigenvalue weighted by atomic mass is 28.4. The van der Waals surface area contributed by atoms with Crippen molar-refractivity contribution in [1.29, 1.82) is 0 Å². The van der Waals surface area contributed by atoms with Crippen LogP contribution in [0.15, 0.2) is 30.3 Å². The van der Waals surface area contributed by atoms with Crippen molar-refractivity contribution in [3.05, 3.63) is 35.9 Å². The van der Waals surface area contributed by atoms with Crippen molar-refractivity contribution in [3.8, 4) is 12.3 Å². The second kappa shape index (κ2) is 19.0. The number of carbonyl (C=O) groups is 3. The summed E-state index contributed by atoms with van der Waals surface area (Å²) >= 11 is 0. The molecule has 0 spiro atoms. The number of benzene rings is 1. The van der Waals surface area contributed by atoms with Gasteiger partial charge >= 0.3 is 17.9 Å². The molecule has 2 aliphatic rings. The standard InChI is InChI=1S/C50H84O11Si2/c1-22-48(54)37(32-55-62(18,19)46(12,13)14)60-50(30-26-29-36(57-40(51)43(3,4)5)34(2)31-35-27-24-23-25-28-35)39(59-42(53)45(9,10)11)38(58-41(52)44(6,7)8)49(48,61-50)33-56-63(20,21)47(15,16)17/h1,23-25,27-28,34,36-39,54H,26,29-33H2,2-21H3/t34-,36-,37-,38-,39-,48+,49-,50+/m1/s1. The van der Waals surface area contributed by atoms with Crippen LogP contribution in [0.4, 0.5) is 0 Å². The van der Waals surface area contributed by atoms with Crippen LogP contribution in [0.5, 0.6) is 0 Å². The van der Waals surface area contributed by atoms with Crippen LogP contribution in [0.3, 0.4) is 0 Å². The second-order valence-electron chi connectivity index (χ2n) is 24.3. The highest BCUT2D eigenvalue weighted by Crippen LogP contribution is 2.58. The van der Waals surface area contributed by atoms with Crippen LogP contribution in [-0.4, -0.2) is 94.3 Å². The van der Waals surface area contributed by atoms with Gasteiger partial charge in [0, 0.05) is 6.42 Å².